The van der Waals surface area contributed by atoms with Crippen molar-refractivity contribution in [1.29, 1.82) is 0 Å². The Kier molecular flexibility index (Phi) is 2.52. The molecule has 2 atom stereocenters. The van der Waals surface area contributed by atoms with Crippen molar-refractivity contribution in [3.05, 3.63) is 23.8 Å². The van der Waals surface area contributed by atoms with Crippen LogP contribution in [0.1, 0.15) is 37.3 Å². The van der Waals surface area contributed by atoms with Crippen LogP contribution in [0.2, 0.25) is 0 Å². The van der Waals surface area contributed by atoms with Crippen LogP contribution in [0.5, 0.6) is 0 Å². The lowest BCUT2D eigenvalue weighted by Crippen LogP contribution is -2.28. The summed E-state index contributed by atoms with van der Waals surface area (Å²) in [6.45, 7) is 1.17. The Bertz CT molecular complexity index is 610. The maximum Gasteiger partial charge on any atom is 0.201 e. The summed E-state index contributed by atoms with van der Waals surface area (Å²) in [6.07, 6.45) is 6.13. The maximum atomic E-state index is 6.16. The van der Waals surface area contributed by atoms with Crippen LogP contribution in [-0.4, -0.2) is 22.1 Å². The highest BCUT2D eigenvalue weighted by atomic mass is 15.2. The van der Waals surface area contributed by atoms with Crippen LogP contribution in [0.15, 0.2) is 18.2 Å². The summed E-state index contributed by atoms with van der Waals surface area (Å²) in [5.74, 6) is 0.685. The van der Waals surface area contributed by atoms with Gasteiger partial charge < -0.3 is 15.6 Å². The fourth-order valence-corrected chi connectivity index (χ4v) is 3.77. The van der Waals surface area contributed by atoms with Gasteiger partial charge in [-0.2, -0.15) is 0 Å². The van der Waals surface area contributed by atoms with Crippen LogP contribution in [-0.2, 0) is 6.42 Å². The Morgan fingerprint density at radius 3 is 3.16 bits per heavy atom. The highest BCUT2D eigenvalue weighted by Crippen LogP contribution is 2.36. The Morgan fingerprint density at radius 1 is 1.37 bits per heavy atom. The zero-order valence-corrected chi connectivity index (χ0v) is 11.1. The molecule has 4 heteroatoms. The molecule has 1 saturated heterocycles. The van der Waals surface area contributed by atoms with Gasteiger partial charge in [0.1, 0.15) is 0 Å². The van der Waals surface area contributed by atoms with Gasteiger partial charge in [0.15, 0.2) is 0 Å². The molecular formula is C15H20N4. The molecular weight excluding hydrogens is 236 g/mol. The van der Waals surface area contributed by atoms with Crippen molar-refractivity contribution in [2.24, 2.45) is 0 Å². The monoisotopic (exact) mass is 256 g/mol. The van der Waals surface area contributed by atoms with Crippen molar-refractivity contribution in [3.63, 3.8) is 0 Å². The van der Waals surface area contributed by atoms with E-state index >= 15 is 0 Å². The predicted octanol–water partition coefficient (Wildman–Crippen LogP) is 2.25. The Hall–Kier alpha value is -1.55. The van der Waals surface area contributed by atoms with Gasteiger partial charge in [0.2, 0.25) is 5.95 Å². The van der Waals surface area contributed by atoms with Crippen LogP contribution in [0.4, 0.5) is 5.95 Å². The van der Waals surface area contributed by atoms with E-state index in [4.69, 9.17) is 5.73 Å². The summed E-state index contributed by atoms with van der Waals surface area (Å²) in [5, 5.41) is 3.60. The number of aromatic nitrogens is 2. The Balaban J connectivity index is 1.76. The van der Waals surface area contributed by atoms with E-state index in [1.54, 1.807) is 0 Å². The fourth-order valence-electron chi connectivity index (χ4n) is 3.77. The predicted molar refractivity (Wildman–Crippen MR) is 77.1 cm³/mol. The summed E-state index contributed by atoms with van der Waals surface area (Å²) in [7, 11) is 0. The van der Waals surface area contributed by atoms with Gasteiger partial charge in [0, 0.05) is 12.1 Å². The van der Waals surface area contributed by atoms with E-state index in [1.165, 1.54) is 43.3 Å². The van der Waals surface area contributed by atoms with Crippen molar-refractivity contribution in [2.45, 2.75) is 44.2 Å². The average Bonchev–Trinajstić information content (AvgIpc) is 3.02. The fraction of sp³-hybridized carbons (Fsp3) is 0.533. The normalized spacial score (nSPS) is 26.1. The van der Waals surface area contributed by atoms with Crippen LogP contribution in [0, 0.1) is 0 Å². The first-order chi connectivity index (χ1) is 9.33. The molecule has 19 heavy (non-hydrogen) atoms. The van der Waals surface area contributed by atoms with E-state index < -0.39 is 0 Å². The SMILES string of the molecule is Nc1nc2cccc3c2n1C(CC1CCCN1)CC3. The van der Waals surface area contributed by atoms with Gasteiger partial charge in [0.05, 0.1) is 11.0 Å². The minimum atomic E-state index is 0.510. The molecule has 3 N–H and O–H groups in total. The molecule has 100 valence electrons. The number of para-hydroxylation sites is 1. The van der Waals surface area contributed by atoms with E-state index in [0.29, 0.717) is 18.0 Å². The Morgan fingerprint density at radius 2 is 2.32 bits per heavy atom. The van der Waals surface area contributed by atoms with Crippen LogP contribution in [0.25, 0.3) is 11.0 Å². The van der Waals surface area contributed by atoms with Crippen LogP contribution < -0.4 is 11.1 Å². The van der Waals surface area contributed by atoms with Gasteiger partial charge in [-0.05, 0) is 50.3 Å². The van der Waals surface area contributed by atoms with Crippen LogP contribution >= 0.6 is 0 Å². The molecule has 0 saturated carbocycles. The lowest BCUT2D eigenvalue weighted by Gasteiger charge is -2.28. The first-order valence-electron chi connectivity index (χ1n) is 7.31. The molecule has 4 rings (SSSR count). The summed E-state index contributed by atoms with van der Waals surface area (Å²) in [5.41, 5.74) is 9.89. The first-order valence-corrected chi connectivity index (χ1v) is 7.31. The summed E-state index contributed by atoms with van der Waals surface area (Å²) in [6, 6.07) is 7.54. The van der Waals surface area contributed by atoms with E-state index in [1.807, 2.05) is 0 Å². The van der Waals surface area contributed by atoms with Gasteiger partial charge in [-0.25, -0.2) is 4.98 Å². The molecule has 0 spiro atoms. The number of anilines is 1. The van der Waals surface area contributed by atoms with E-state index in [9.17, 15) is 0 Å². The molecule has 2 aromatic rings. The molecule has 2 aliphatic rings. The summed E-state index contributed by atoms with van der Waals surface area (Å²) < 4.78 is 2.29. The lowest BCUT2D eigenvalue weighted by molar-refractivity contribution is 0.382. The third kappa shape index (κ3) is 1.74. The highest BCUT2D eigenvalue weighted by Gasteiger charge is 2.27. The molecule has 1 aromatic carbocycles. The molecule has 4 nitrogen and oxygen atoms in total. The smallest absolute Gasteiger partial charge is 0.201 e. The van der Waals surface area contributed by atoms with Crippen molar-refractivity contribution >= 4 is 17.0 Å². The van der Waals surface area contributed by atoms with E-state index in [-0.39, 0.29) is 0 Å². The van der Waals surface area contributed by atoms with Crippen LogP contribution in [0.3, 0.4) is 0 Å². The number of nitrogens with two attached hydrogens (primary N) is 1. The number of hydrogen-bond donors (Lipinski definition) is 2. The molecule has 0 amide bonds. The quantitative estimate of drug-likeness (QED) is 0.866. The number of rotatable bonds is 2. The van der Waals surface area contributed by atoms with Gasteiger partial charge in [-0.15, -0.1) is 0 Å². The summed E-state index contributed by atoms with van der Waals surface area (Å²) in [4.78, 5) is 4.53. The maximum absolute atomic E-state index is 6.16. The summed E-state index contributed by atoms with van der Waals surface area (Å²) >= 11 is 0. The molecule has 2 unspecified atom stereocenters. The minimum Gasteiger partial charge on any atom is -0.369 e. The van der Waals surface area contributed by atoms with E-state index in [2.05, 4.69) is 33.1 Å². The van der Waals surface area contributed by atoms with Crippen molar-refractivity contribution in [3.8, 4) is 0 Å². The van der Waals surface area contributed by atoms with Gasteiger partial charge in [-0.3, -0.25) is 0 Å². The topological polar surface area (TPSA) is 55.9 Å². The number of hydrogen-bond acceptors (Lipinski definition) is 3. The Labute approximate surface area is 113 Å². The van der Waals surface area contributed by atoms with Crippen molar-refractivity contribution in [2.75, 3.05) is 12.3 Å². The van der Waals surface area contributed by atoms with Gasteiger partial charge >= 0.3 is 0 Å². The van der Waals surface area contributed by atoms with Gasteiger partial charge in [0.25, 0.3) is 0 Å². The van der Waals surface area contributed by atoms with Crippen molar-refractivity contribution < 1.29 is 0 Å². The number of aryl methyl sites for hydroxylation is 1. The highest BCUT2D eigenvalue weighted by molar-refractivity contribution is 5.82. The molecule has 1 aromatic heterocycles. The number of nitrogen functional groups attached to an aromatic ring is 1. The molecule has 0 bridgehead atoms. The molecule has 0 aliphatic carbocycles. The van der Waals surface area contributed by atoms with Crippen molar-refractivity contribution in [1.82, 2.24) is 14.9 Å². The number of nitrogens with one attached hydrogen (secondary N) is 1. The first kappa shape index (κ1) is 11.3. The van der Waals surface area contributed by atoms with E-state index in [0.717, 1.165) is 11.9 Å². The number of imidazole rings is 1. The third-order valence-corrected chi connectivity index (χ3v) is 4.65. The zero-order valence-electron chi connectivity index (χ0n) is 11.1. The zero-order chi connectivity index (χ0) is 12.8. The number of nitrogens with zero attached hydrogens (tertiary/aromatic N) is 2. The molecule has 0 radical (unpaired) electrons. The standard InChI is InChI=1S/C15H20N4/c16-15-18-13-5-1-3-10-6-7-12(19(15)14(10)13)9-11-4-2-8-17-11/h1,3,5,11-12,17H,2,4,6-9H2,(H2,16,18). The average molecular weight is 256 g/mol. The second-order valence-electron chi connectivity index (χ2n) is 5.85. The number of benzene rings is 1. The second-order valence-corrected chi connectivity index (χ2v) is 5.85. The lowest BCUT2D eigenvalue weighted by atomic mass is 9.94. The largest absolute Gasteiger partial charge is 0.369 e. The third-order valence-electron chi connectivity index (χ3n) is 4.65. The minimum absolute atomic E-state index is 0.510. The molecule has 1 fully saturated rings. The molecule has 2 aliphatic heterocycles. The van der Waals surface area contributed by atoms with Gasteiger partial charge in [-0.1, -0.05) is 12.1 Å². The molecule has 3 heterocycles. The second kappa shape index (κ2) is 4.23.